The first kappa shape index (κ1) is 13.1. The Morgan fingerprint density at radius 3 is 2.89 bits per heavy atom. The molecular formula is C11H8FN3O3S. The lowest BCUT2D eigenvalue weighted by Gasteiger charge is -2.03. The number of nitrogens with one attached hydrogen (secondary N) is 1. The molecule has 8 heteroatoms. The topological polar surface area (TPSA) is 85.1 Å². The van der Waals surface area contributed by atoms with Crippen molar-refractivity contribution in [2.75, 3.05) is 0 Å². The van der Waals surface area contributed by atoms with Gasteiger partial charge in [0.2, 0.25) is 5.82 Å². The number of nitro groups is 1. The lowest BCUT2D eigenvalue weighted by molar-refractivity contribution is -0.387. The van der Waals surface area contributed by atoms with Crippen molar-refractivity contribution in [2.45, 2.75) is 6.54 Å². The summed E-state index contributed by atoms with van der Waals surface area (Å²) in [5.41, 5.74) is -0.629. The molecule has 1 amide bonds. The van der Waals surface area contributed by atoms with E-state index in [1.807, 2.05) is 0 Å². The third kappa shape index (κ3) is 3.10. The van der Waals surface area contributed by atoms with Crippen LogP contribution in [0.3, 0.4) is 0 Å². The van der Waals surface area contributed by atoms with E-state index in [9.17, 15) is 19.3 Å². The molecule has 0 aliphatic heterocycles. The second kappa shape index (κ2) is 5.53. The van der Waals surface area contributed by atoms with E-state index in [-0.39, 0.29) is 12.1 Å². The number of nitro benzene ring substituents is 1. The van der Waals surface area contributed by atoms with Gasteiger partial charge in [-0.05, 0) is 12.1 Å². The number of hydrogen-bond donors (Lipinski definition) is 1. The largest absolute Gasteiger partial charge is 0.346 e. The van der Waals surface area contributed by atoms with Crippen LogP contribution < -0.4 is 5.32 Å². The van der Waals surface area contributed by atoms with Crippen molar-refractivity contribution < 1.29 is 14.1 Å². The van der Waals surface area contributed by atoms with Gasteiger partial charge in [-0.25, -0.2) is 4.98 Å². The van der Waals surface area contributed by atoms with Crippen LogP contribution in [0, 0.1) is 15.9 Å². The Morgan fingerprint density at radius 1 is 1.53 bits per heavy atom. The molecule has 0 saturated heterocycles. The molecule has 0 spiro atoms. The summed E-state index contributed by atoms with van der Waals surface area (Å²) in [6.07, 6.45) is 1.61. The molecule has 2 aromatic rings. The second-order valence-electron chi connectivity index (χ2n) is 3.53. The number of aromatic nitrogens is 1. The average molecular weight is 281 g/mol. The molecule has 98 valence electrons. The number of rotatable bonds is 4. The average Bonchev–Trinajstić information content (AvgIpc) is 2.88. The van der Waals surface area contributed by atoms with Gasteiger partial charge in [0.25, 0.3) is 5.91 Å². The van der Waals surface area contributed by atoms with Crippen molar-refractivity contribution in [2.24, 2.45) is 0 Å². The normalized spacial score (nSPS) is 10.2. The maximum Gasteiger partial charge on any atom is 0.304 e. The van der Waals surface area contributed by atoms with Gasteiger partial charge in [0.05, 0.1) is 11.5 Å². The first-order valence-corrected chi connectivity index (χ1v) is 6.06. The van der Waals surface area contributed by atoms with Gasteiger partial charge >= 0.3 is 5.69 Å². The van der Waals surface area contributed by atoms with Crippen LogP contribution in [0.1, 0.15) is 15.4 Å². The van der Waals surface area contributed by atoms with E-state index in [2.05, 4.69) is 10.3 Å². The number of carbonyl (C=O) groups excluding carboxylic acids is 1. The molecule has 0 atom stereocenters. The van der Waals surface area contributed by atoms with Gasteiger partial charge in [-0.3, -0.25) is 14.9 Å². The molecule has 19 heavy (non-hydrogen) atoms. The summed E-state index contributed by atoms with van der Waals surface area (Å²) >= 11 is 1.38. The number of halogens is 1. The highest BCUT2D eigenvalue weighted by Crippen LogP contribution is 2.18. The van der Waals surface area contributed by atoms with E-state index in [4.69, 9.17) is 0 Å². The van der Waals surface area contributed by atoms with E-state index in [1.165, 1.54) is 17.4 Å². The standard InChI is InChI=1S/C11H8FN3O3S/c12-8-5-7(1-2-9(8)15(17)18)11(16)14-6-10-13-3-4-19-10/h1-5H,6H2,(H,14,16). The molecule has 0 fully saturated rings. The van der Waals surface area contributed by atoms with Gasteiger partial charge in [-0.15, -0.1) is 11.3 Å². The number of nitrogens with zero attached hydrogens (tertiary/aromatic N) is 2. The first-order chi connectivity index (χ1) is 9.08. The van der Waals surface area contributed by atoms with Gasteiger partial charge in [0.1, 0.15) is 5.01 Å². The molecule has 0 aliphatic rings. The lowest BCUT2D eigenvalue weighted by Crippen LogP contribution is -2.22. The third-order valence-electron chi connectivity index (χ3n) is 2.29. The van der Waals surface area contributed by atoms with Crippen LogP contribution in [0.4, 0.5) is 10.1 Å². The van der Waals surface area contributed by atoms with Gasteiger partial charge < -0.3 is 5.32 Å². The van der Waals surface area contributed by atoms with Crippen LogP contribution in [0.2, 0.25) is 0 Å². The summed E-state index contributed by atoms with van der Waals surface area (Å²) in [4.78, 5) is 25.3. The molecule has 0 aliphatic carbocycles. The molecule has 1 heterocycles. The number of benzene rings is 1. The van der Waals surface area contributed by atoms with Crippen molar-refractivity contribution in [1.82, 2.24) is 10.3 Å². The van der Waals surface area contributed by atoms with Crippen molar-refractivity contribution in [3.8, 4) is 0 Å². The van der Waals surface area contributed by atoms with Crippen molar-refractivity contribution in [3.05, 3.63) is 56.3 Å². The fourth-order valence-electron chi connectivity index (χ4n) is 1.39. The molecular weight excluding hydrogens is 273 g/mol. The first-order valence-electron chi connectivity index (χ1n) is 5.18. The maximum absolute atomic E-state index is 13.3. The summed E-state index contributed by atoms with van der Waals surface area (Å²) in [5.74, 6) is -1.55. The van der Waals surface area contributed by atoms with Crippen molar-refractivity contribution in [3.63, 3.8) is 0 Å². The Kier molecular flexibility index (Phi) is 3.81. The maximum atomic E-state index is 13.3. The van der Waals surface area contributed by atoms with Crippen molar-refractivity contribution >= 4 is 22.9 Å². The molecule has 2 rings (SSSR count). The minimum absolute atomic E-state index is 0.0275. The second-order valence-corrected chi connectivity index (χ2v) is 4.51. The van der Waals surface area contributed by atoms with Crippen LogP contribution >= 0.6 is 11.3 Å². The molecule has 0 bridgehead atoms. The number of carbonyl (C=O) groups is 1. The summed E-state index contributed by atoms with van der Waals surface area (Å²) in [5, 5.41) is 15.5. The zero-order valence-electron chi connectivity index (χ0n) is 9.50. The van der Waals surface area contributed by atoms with E-state index in [1.54, 1.807) is 11.6 Å². The molecule has 0 saturated carbocycles. The summed E-state index contributed by atoms with van der Waals surface area (Å²) in [6, 6.07) is 3.02. The highest BCUT2D eigenvalue weighted by Gasteiger charge is 2.16. The summed E-state index contributed by atoms with van der Waals surface area (Å²) < 4.78 is 13.3. The van der Waals surface area contributed by atoms with Crippen LogP contribution in [-0.4, -0.2) is 15.8 Å². The van der Waals surface area contributed by atoms with E-state index in [0.29, 0.717) is 0 Å². The SMILES string of the molecule is O=C(NCc1nccs1)c1ccc([N+](=O)[O-])c(F)c1. The Bertz CT molecular complexity index is 616. The number of amides is 1. The zero-order valence-corrected chi connectivity index (χ0v) is 10.3. The number of hydrogen-bond acceptors (Lipinski definition) is 5. The van der Waals surface area contributed by atoms with Gasteiger partial charge in [-0.2, -0.15) is 4.39 Å². The fraction of sp³-hybridized carbons (Fsp3) is 0.0909. The van der Waals surface area contributed by atoms with Crippen LogP contribution in [0.25, 0.3) is 0 Å². The Hall–Kier alpha value is -2.35. The summed E-state index contributed by atoms with van der Waals surface area (Å²) in [6.45, 7) is 0.231. The lowest BCUT2D eigenvalue weighted by atomic mass is 10.2. The minimum atomic E-state index is -1.04. The van der Waals surface area contributed by atoms with Crippen LogP contribution in [0.5, 0.6) is 0 Å². The Balaban J connectivity index is 2.07. The fourth-order valence-corrected chi connectivity index (χ4v) is 1.95. The predicted molar refractivity (Wildman–Crippen MR) is 66.3 cm³/mol. The quantitative estimate of drug-likeness (QED) is 0.687. The van der Waals surface area contributed by atoms with Gasteiger partial charge in [0, 0.05) is 23.2 Å². The monoisotopic (exact) mass is 281 g/mol. The van der Waals surface area contributed by atoms with Crippen LogP contribution in [0.15, 0.2) is 29.8 Å². The predicted octanol–water partition coefficient (Wildman–Crippen LogP) is 2.12. The highest BCUT2D eigenvalue weighted by molar-refractivity contribution is 7.09. The molecule has 1 aromatic carbocycles. The van der Waals surface area contributed by atoms with E-state index >= 15 is 0 Å². The van der Waals surface area contributed by atoms with Gasteiger partial charge in [-0.1, -0.05) is 0 Å². The van der Waals surface area contributed by atoms with E-state index < -0.39 is 22.3 Å². The Labute approximate surface area is 111 Å². The zero-order chi connectivity index (χ0) is 13.8. The smallest absolute Gasteiger partial charge is 0.304 e. The molecule has 0 radical (unpaired) electrons. The molecule has 6 nitrogen and oxygen atoms in total. The molecule has 1 aromatic heterocycles. The molecule has 0 unspecified atom stereocenters. The summed E-state index contributed by atoms with van der Waals surface area (Å²) in [7, 11) is 0. The third-order valence-corrected chi connectivity index (χ3v) is 3.07. The number of thiazole rings is 1. The van der Waals surface area contributed by atoms with Crippen molar-refractivity contribution in [1.29, 1.82) is 0 Å². The Morgan fingerprint density at radius 2 is 2.32 bits per heavy atom. The van der Waals surface area contributed by atoms with E-state index in [0.717, 1.165) is 17.1 Å². The molecule has 1 N–H and O–H groups in total. The highest BCUT2D eigenvalue weighted by atomic mass is 32.1. The van der Waals surface area contributed by atoms with Crippen LogP contribution in [-0.2, 0) is 6.54 Å². The minimum Gasteiger partial charge on any atom is -0.346 e. The van der Waals surface area contributed by atoms with Gasteiger partial charge in [0.15, 0.2) is 0 Å².